The lowest BCUT2D eigenvalue weighted by Crippen LogP contribution is -2.24. The van der Waals surface area contributed by atoms with E-state index in [2.05, 4.69) is 4.98 Å². The largest absolute Gasteiger partial charge is 0.316 e. The SMILES string of the molecule is CCC(=O)N(C)c1ccc(-c2ccc(S(=O)(=O)CCc3cccnc3)cc2)cc1. The van der Waals surface area contributed by atoms with Gasteiger partial charge in [-0.2, -0.15) is 0 Å². The normalized spacial score (nSPS) is 11.2. The summed E-state index contributed by atoms with van der Waals surface area (Å²) in [5.41, 5.74) is 3.62. The summed E-state index contributed by atoms with van der Waals surface area (Å²) in [7, 11) is -1.60. The zero-order chi connectivity index (χ0) is 20.9. The van der Waals surface area contributed by atoms with Crippen LogP contribution in [0, 0.1) is 0 Å². The fraction of sp³-hybridized carbons (Fsp3) is 0.217. The Balaban J connectivity index is 1.71. The molecule has 0 aliphatic heterocycles. The van der Waals surface area contributed by atoms with Gasteiger partial charge < -0.3 is 4.90 Å². The maximum atomic E-state index is 12.6. The van der Waals surface area contributed by atoms with Crippen molar-refractivity contribution in [1.82, 2.24) is 4.98 Å². The monoisotopic (exact) mass is 408 g/mol. The molecular formula is C23H24N2O3S. The highest BCUT2D eigenvalue weighted by Gasteiger charge is 2.15. The molecule has 3 rings (SSSR count). The molecule has 0 aliphatic carbocycles. The minimum atomic E-state index is -3.36. The van der Waals surface area contributed by atoms with Gasteiger partial charge in [-0.3, -0.25) is 9.78 Å². The van der Waals surface area contributed by atoms with Crippen LogP contribution in [-0.4, -0.2) is 32.1 Å². The summed E-state index contributed by atoms with van der Waals surface area (Å²) >= 11 is 0. The standard InChI is InChI=1S/C23H24N2O3S/c1-3-23(26)25(2)21-10-6-19(7-11-21)20-8-12-22(13-9-20)29(27,28)16-14-18-5-4-15-24-17-18/h4-13,15,17H,3,14,16H2,1-2H3. The van der Waals surface area contributed by atoms with Gasteiger partial charge in [0, 0.05) is 31.5 Å². The van der Waals surface area contributed by atoms with Crippen molar-refractivity contribution in [3.8, 4) is 11.1 Å². The van der Waals surface area contributed by atoms with Gasteiger partial charge >= 0.3 is 0 Å². The molecule has 1 heterocycles. The smallest absolute Gasteiger partial charge is 0.226 e. The first kappa shape index (κ1) is 20.7. The van der Waals surface area contributed by atoms with Gasteiger partial charge in [0.1, 0.15) is 0 Å². The van der Waals surface area contributed by atoms with Gasteiger partial charge in [-0.05, 0) is 53.4 Å². The van der Waals surface area contributed by atoms with Crippen LogP contribution >= 0.6 is 0 Å². The average molecular weight is 409 g/mol. The molecule has 0 bridgehead atoms. The molecule has 3 aromatic rings. The molecule has 1 amide bonds. The molecule has 0 unspecified atom stereocenters. The van der Waals surface area contributed by atoms with E-state index in [-0.39, 0.29) is 11.7 Å². The third-order valence-electron chi connectivity index (χ3n) is 4.86. The van der Waals surface area contributed by atoms with Gasteiger partial charge in [0.15, 0.2) is 9.84 Å². The Morgan fingerprint density at radius 3 is 2.14 bits per heavy atom. The molecule has 5 nitrogen and oxygen atoms in total. The maximum Gasteiger partial charge on any atom is 0.226 e. The second kappa shape index (κ2) is 9.01. The topological polar surface area (TPSA) is 67.3 Å². The third kappa shape index (κ3) is 5.09. The van der Waals surface area contributed by atoms with Crippen LogP contribution in [0.3, 0.4) is 0 Å². The Hall–Kier alpha value is -2.99. The maximum absolute atomic E-state index is 12.6. The van der Waals surface area contributed by atoms with Crippen LogP contribution in [0.2, 0.25) is 0 Å². The highest BCUT2D eigenvalue weighted by Crippen LogP contribution is 2.25. The van der Waals surface area contributed by atoms with Crippen LogP contribution < -0.4 is 4.90 Å². The van der Waals surface area contributed by atoms with E-state index in [1.807, 2.05) is 49.4 Å². The average Bonchev–Trinajstić information content (AvgIpc) is 2.77. The van der Waals surface area contributed by atoms with E-state index in [0.29, 0.717) is 17.7 Å². The van der Waals surface area contributed by atoms with E-state index >= 15 is 0 Å². The number of aryl methyl sites for hydroxylation is 1. The fourth-order valence-electron chi connectivity index (χ4n) is 3.03. The van der Waals surface area contributed by atoms with E-state index in [9.17, 15) is 13.2 Å². The number of anilines is 1. The Labute approximate surface area is 172 Å². The number of hydrogen-bond acceptors (Lipinski definition) is 4. The predicted octanol–water partition coefficient (Wildman–Crippen LogP) is 4.14. The van der Waals surface area contributed by atoms with Crippen molar-refractivity contribution in [2.24, 2.45) is 0 Å². The molecule has 0 spiro atoms. The first-order valence-corrected chi connectivity index (χ1v) is 11.1. The number of rotatable bonds is 7. The molecule has 0 aliphatic rings. The Morgan fingerprint density at radius 1 is 0.966 bits per heavy atom. The Morgan fingerprint density at radius 2 is 1.59 bits per heavy atom. The van der Waals surface area contributed by atoms with Crippen LogP contribution in [0.4, 0.5) is 5.69 Å². The molecule has 150 valence electrons. The summed E-state index contributed by atoms with van der Waals surface area (Å²) in [5, 5.41) is 0. The lowest BCUT2D eigenvalue weighted by molar-refractivity contribution is -0.118. The first-order valence-electron chi connectivity index (χ1n) is 9.49. The lowest BCUT2D eigenvalue weighted by Gasteiger charge is -2.16. The van der Waals surface area contributed by atoms with E-state index in [1.54, 1.807) is 42.5 Å². The number of carbonyl (C=O) groups excluding carboxylic acids is 1. The van der Waals surface area contributed by atoms with Crippen LogP contribution in [0.15, 0.2) is 78.0 Å². The van der Waals surface area contributed by atoms with Crippen molar-refractivity contribution in [2.75, 3.05) is 17.7 Å². The molecule has 0 N–H and O–H groups in total. The van der Waals surface area contributed by atoms with E-state index in [1.165, 1.54) is 0 Å². The number of nitrogens with zero attached hydrogens (tertiary/aromatic N) is 2. The quantitative estimate of drug-likeness (QED) is 0.589. The fourth-order valence-corrected chi connectivity index (χ4v) is 4.32. The zero-order valence-corrected chi connectivity index (χ0v) is 17.4. The van der Waals surface area contributed by atoms with Crippen molar-refractivity contribution in [3.05, 3.63) is 78.6 Å². The van der Waals surface area contributed by atoms with E-state index in [0.717, 1.165) is 22.4 Å². The van der Waals surface area contributed by atoms with Gasteiger partial charge in [-0.15, -0.1) is 0 Å². The van der Waals surface area contributed by atoms with Crippen molar-refractivity contribution in [3.63, 3.8) is 0 Å². The first-order chi connectivity index (χ1) is 13.9. The van der Waals surface area contributed by atoms with Crippen LogP contribution in [0.25, 0.3) is 11.1 Å². The third-order valence-corrected chi connectivity index (χ3v) is 6.59. The van der Waals surface area contributed by atoms with Gasteiger partial charge in [0.25, 0.3) is 0 Å². The summed E-state index contributed by atoms with van der Waals surface area (Å²) in [4.78, 5) is 17.8. The van der Waals surface area contributed by atoms with Gasteiger partial charge in [0.05, 0.1) is 10.6 Å². The van der Waals surface area contributed by atoms with Crippen molar-refractivity contribution < 1.29 is 13.2 Å². The summed E-state index contributed by atoms with van der Waals surface area (Å²) < 4.78 is 25.2. The summed E-state index contributed by atoms with van der Waals surface area (Å²) in [6.45, 7) is 1.83. The minimum absolute atomic E-state index is 0.0462. The van der Waals surface area contributed by atoms with Crippen LogP contribution in [0.1, 0.15) is 18.9 Å². The number of aromatic nitrogens is 1. The molecule has 0 atom stereocenters. The van der Waals surface area contributed by atoms with Gasteiger partial charge in [-0.25, -0.2) is 8.42 Å². The molecule has 0 radical (unpaired) electrons. The highest BCUT2D eigenvalue weighted by atomic mass is 32.2. The molecule has 6 heteroatoms. The molecule has 2 aromatic carbocycles. The molecule has 0 saturated carbocycles. The van der Waals surface area contributed by atoms with Crippen LogP contribution in [-0.2, 0) is 21.1 Å². The van der Waals surface area contributed by atoms with Crippen LogP contribution in [0.5, 0.6) is 0 Å². The number of sulfone groups is 1. The zero-order valence-electron chi connectivity index (χ0n) is 16.6. The number of amides is 1. The molecular weight excluding hydrogens is 384 g/mol. The number of hydrogen-bond donors (Lipinski definition) is 0. The number of pyridine rings is 1. The predicted molar refractivity (Wildman–Crippen MR) is 116 cm³/mol. The second-order valence-electron chi connectivity index (χ2n) is 6.81. The van der Waals surface area contributed by atoms with Gasteiger partial charge in [0.2, 0.25) is 5.91 Å². The molecule has 1 aromatic heterocycles. The Bertz CT molecular complexity index is 1060. The van der Waals surface area contributed by atoms with Crippen molar-refractivity contribution in [2.45, 2.75) is 24.7 Å². The highest BCUT2D eigenvalue weighted by molar-refractivity contribution is 7.91. The molecule has 0 fully saturated rings. The second-order valence-corrected chi connectivity index (χ2v) is 8.92. The van der Waals surface area contributed by atoms with E-state index in [4.69, 9.17) is 0 Å². The summed E-state index contributed by atoms with van der Waals surface area (Å²) in [6.07, 6.45) is 4.25. The lowest BCUT2D eigenvalue weighted by atomic mass is 10.1. The van der Waals surface area contributed by atoms with E-state index < -0.39 is 9.84 Å². The minimum Gasteiger partial charge on any atom is -0.316 e. The summed E-state index contributed by atoms with van der Waals surface area (Å²) in [5.74, 6) is 0.100. The molecule has 29 heavy (non-hydrogen) atoms. The van der Waals surface area contributed by atoms with Crippen molar-refractivity contribution >= 4 is 21.4 Å². The van der Waals surface area contributed by atoms with Crippen molar-refractivity contribution in [1.29, 1.82) is 0 Å². The number of carbonyl (C=O) groups is 1. The molecule has 0 saturated heterocycles. The summed E-state index contributed by atoms with van der Waals surface area (Å²) in [6, 6.07) is 18.2. The Kier molecular flexibility index (Phi) is 6.44. The number of benzene rings is 2. The van der Waals surface area contributed by atoms with Gasteiger partial charge in [-0.1, -0.05) is 37.3 Å².